The first-order valence-electron chi connectivity index (χ1n) is 23.6. The molecule has 0 aromatic carbocycles. The molecule has 320 valence electrons. The van der Waals surface area contributed by atoms with Crippen LogP contribution < -0.4 is 34.0 Å². The molecule has 0 unspecified atom stereocenters. The summed E-state index contributed by atoms with van der Waals surface area (Å²) in [6.45, 7) is 17.4. The van der Waals surface area contributed by atoms with Gasteiger partial charge < -0.3 is 48.7 Å². The second-order valence-corrected chi connectivity index (χ2v) is 16.1. The predicted molar refractivity (Wildman–Crippen MR) is 237 cm³/mol. The molecule has 0 heterocycles. The minimum absolute atomic E-state index is 0.784. The van der Waals surface area contributed by atoms with Crippen LogP contribution in [0.3, 0.4) is 0 Å². The maximum atomic E-state index is 5.93. The van der Waals surface area contributed by atoms with E-state index in [1.165, 1.54) is 219 Å². The molecule has 0 aromatic heterocycles. The van der Waals surface area contributed by atoms with Gasteiger partial charge in [-0.3, -0.25) is 0 Å². The van der Waals surface area contributed by atoms with Crippen LogP contribution in [0.4, 0.5) is 0 Å². The molecule has 9 heteroatoms. The van der Waals surface area contributed by atoms with E-state index in [0.29, 0.717) is 0 Å². The molecule has 0 aliphatic carbocycles. The summed E-state index contributed by atoms with van der Waals surface area (Å²) in [5.74, 6) is 0. The highest BCUT2D eigenvalue weighted by Gasteiger charge is 2.09. The van der Waals surface area contributed by atoms with Crippen molar-refractivity contribution >= 4 is 0 Å². The summed E-state index contributed by atoms with van der Waals surface area (Å²) in [7, 11) is 0. The lowest BCUT2D eigenvalue weighted by Crippen LogP contribution is -2.33. The van der Waals surface area contributed by atoms with Crippen LogP contribution in [0.2, 0.25) is 0 Å². The van der Waals surface area contributed by atoms with Crippen molar-refractivity contribution in [2.75, 3.05) is 105 Å². The van der Waals surface area contributed by atoms with Crippen LogP contribution in [0.1, 0.15) is 180 Å². The van der Waals surface area contributed by atoms with Crippen molar-refractivity contribution in [2.45, 2.75) is 180 Å². The van der Waals surface area contributed by atoms with Gasteiger partial charge in [0.2, 0.25) is 0 Å². The minimum Gasteiger partial charge on any atom is -0.330 e. The van der Waals surface area contributed by atoms with Gasteiger partial charge in [0.1, 0.15) is 0 Å². The maximum Gasteiger partial charge on any atom is -0.000654 e. The molecule has 0 aliphatic heterocycles. The molecule has 0 amide bonds. The zero-order chi connectivity index (χ0) is 38.6. The summed E-state index contributed by atoms with van der Waals surface area (Å²) in [5, 5.41) is 3.56. The second kappa shape index (κ2) is 46.0. The Morgan fingerprint density at radius 2 is 0.434 bits per heavy atom. The third kappa shape index (κ3) is 41.1. The number of unbranched alkanes of at least 4 members (excludes halogenated alkanes) is 20. The summed E-state index contributed by atoms with van der Waals surface area (Å²) < 4.78 is 0. The van der Waals surface area contributed by atoms with E-state index >= 15 is 0 Å². The van der Waals surface area contributed by atoms with Gasteiger partial charge in [-0.1, -0.05) is 103 Å². The number of nitrogens with one attached hydrogen (secondary N) is 1. The number of nitrogens with two attached hydrogens (primary N) is 5. The van der Waals surface area contributed by atoms with E-state index in [0.717, 1.165) is 65.2 Å². The molecular weight excluding hydrogens is 655 g/mol. The largest absolute Gasteiger partial charge is 0.330 e. The first-order valence-corrected chi connectivity index (χ1v) is 23.6. The molecular formula is C44H99N9. The lowest BCUT2D eigenvalue weighted by atomic mass is 10.1. The third-order valence-corrected chi connectivity index (χ3v) is 11.0. The molecule has 9 nitrogen and oxygen atoms in total. The molecule has 0 rings (SSSR count). The standard InChI is InChI=1S/C44H99N9/c45-29-17-9-6-14-22-37-51(42-27-35-50-34-25-32-48)36-20-12-4-2-1-3-5-13-21-40-53(41-26-33-49)44-28-43-52(38-23-15-7-10-18-30-46)39-24-16-8-11-19-31-47/h50H,1-49H2. The lowest BCUT2D eigenvalue weighted by Gasteiger charge is -2.26. The molecule has 0 radical (unpaired) electrons. The number of hydrogen-bond acceptors (Lipinski definition) is 9. The van der Waals surface area contributed by atoms with Crippen molar-refractivity contribution in [1.82, 2.24) is 20.0 Å². The smallest absolute Gasteiger partial charge is 0.000654 e. The summed E-state index contributed by atoms with van der Waals surface area (Å²) >= 11 is 0. The summed E-state index contributed by atoms with van der Waals surface area (Å²) in [6.07, 6.45) is 36.7. The van der Waals surface area contributed by atoms with Crippen molar-refractivity contribution in [3.05, 3.63) is 0 Å². The zero-order valence-corrected chi connectivity index (χ0v) is 35.8. The fourth-order valence-corrected chi connectivity index (χ4v) is 7.56. The molecule has 0 aromatic rings. The zero-order valence-electron chi connectivity index (χ0n) is 35.8. The molecule has 11 N–H and O–H groups in total. The van der Waals surface area contributed by atoms with Crippen molar-refractivity contribution in [2.24, 2.45) is 28.7 Å². The van der Waals surface area contributed by atoms with Gasteiger partial charge in [0.15, 0.2) is 0 Å². The average molecular weight is 754 g/mol. The van der Waals surface area contributed by atoms with E-state index in [1.54, 1.807) is 0 Å². The fraction of sp³-hybridized carbons (Fsp3) is 1.00. The van der Waals surface area contributed by atoms with Gasteiger partial charge in [-0.15, -0.1) is 0 Å². The molecule has 0 saturated heterocycles. The van der Waals surface area contributed by atoms with Crippen LogP contribution >= 0.6 is 0 Å². The van der Waals surface area contributed by atoms with Crippen molar-refractivity contribution in [3.63, 3.8) is 0 Å². The highest BCUT2D eigenvalue weighted by molar-refractivity contribution is 4.66. The topological polar surface area (TPSA) is 152 Å². The van der Waals surface area contributed by atoms with Crippen molar-refractivity contribution in [1.29, 1.82) is 0 Å². The highest BCUT2D eigenvalue weighted by atomic mass is 15.1. The molecule has 0 fully saturated rings. The van der Waals surface area contributed by atoms with E-state index < -0.39 is 0 Å². The van der Waals surface area contributed by atoms with E-state index in [2.05, 4.69) is 20.0 Å². The molecule has 0 bridgehead atoms. The second-order valence-electron chi connectivity index (χ2n) is 16.1. The van der Waals surface area contributed by atoms with Gasteiger partial charge in [-0.05, 0) is 182 Å². The van der Waals surface area contributed by atoms with E-state index in [4.69, 9.17) is 28.7 Å². The van der Waals surface area contributed by atoms with Gasteiger partial charge in [-0.25, -0.2) is 0 Å². The van der Waals surface area contributed by atoms with Crippen LogP contribution in [0.5, 0.6) is 0 Å². The Labute approximate surface area is 332 Å². The molecule has 0 atom stereocenters. The number of rotatable bonds is 47. The first kappa shape index (κ1) is 52.6. The normalized spacial score (nSPS) is 12.0. The van der Waals surface area contributed by atoms with Crippen LogP contribution in [0.25, 0.3) is 0 Å². The van der Waals surface area contributed by atoms with Gasteiger partial charge >= 0.3 is 0 Å². The van der Waals surface area contributed by atoms with Crippen LogP contribution in [0.15, 0.2) is 0 Å². The van der Waals surface area contributed by atoms with Crippen molar-refractivity contribution in [3.8, 4) is 0 Å². The fourth-order valence-electron chi connectivity index (χ4n) is 7.56. The Balaban J connectivity index is 4.23. The summed E-state index contributed by atoms with van der Waals surface area (Å²) in [6, 6.07) is 0. The summed E-state index contributed by atoms with van der Waals surface area (Å²) in [5.41, 5.74) is 28.6. The molecule has 53 heavy (non-hydrogen) atoms. The van der Waals surface area contributed by atoms with Gasteiger partial charge in [0.25, 0.3) is 0 Å². The quantitative estimate of drug-likeness (QED) is 0.0355. The molecule has 0 saturated carbocycles. The number of nitrogens with zero attached hydrogens (tertiary/aromatic N) is 3. The van der Waals surface area contributed by atoms with Crippen molar-refractivity contribution < 1.29 is 0 Å². The van der Waals surface area contributed by atoms with Gasteiger partial charge in [0.05, 0.1) is 0 Å². The third-order valence-electron chi connectivity index (χ3n) is 11.0. The van der Waals surface area contributed by atoms with Crippen LogP contribution in [0, 0.1) is 0 Å². The Kier molecular flexibility index (Phi) is 45.7. The van der Waals surface area contributed by atoms with Gasteiger partial charge in [0, 0.05) is 0 Å². The van der Waals surface area contributed by atoms with Gasteiger partial charge in [-0.2, -0.15) is 0 Å². The van der Waals surface area contributed by atoms with E-state index in [-0.39, 0.29) is 0 Å². The summed E-state index contributed by atoms with van der Waals surface area (Å²) in [4.78, 5) is 8.22. The maximum absolute atomic E-state index is 5.93. The van der Waals surface area contributed by atoms with Crippen LogP contribution in [-0.4, -0.2) is 119 Å². The lowest BCUT2D eigenvalue weighted by molar-refractivity contribution is 0.217. The minimum atomic E-state index is 0.784. The molecule has 0 spiro atoms. The Bertz CT molecular complexity index is 624. The van der Waals surface area contributed by atoms with E-state index in [9.17, 15) is 0 Å². The number of hydrogen-bond donors (Lipinski definition) is 6. The first-order chi connectivity index (χ1) is 26.2. The predicted octanol–water partition coefficient (Wildman–Crippen LogP) is 7.20. The molecule has 0 aliphatic rings. The van der Waals surface area contributed by atoms with Crippen LogP contribution in [-0.2, 0) is 0 Å². The Hall–Kier alpha value is -0.360. The monoisotopic (exact) mass is 754 g/mol. The van der Waals surface area contributed by atoms with E-state index in [1.807, 2.05) is 0 Å². The average Bonchev–Trinajstić information content (AvgIpc) is 3.17. The highest BCUT2D eigenvalue weighted by Crippen LogP contribution is 2.13. The Morgan fingerprint density at radius 1 is 0.208 bits per heavy atom. The Morgan fingerprint density at radius 3 is 0.755 bits per heavy atom. The SMILES string of the molecule is NCCCCCCCN(CCCCCCCCCCCN(CCCN)CCCN(CCCCCCCN)CCCCCCCN)CCCNCCCN.